The number of carbonyl (C=O) groups is 1. The summed E-state index contributed by atoms with van der Waals surface area (Å²) < 4.78 is 10.6. The van der Waals surface area contributed by atoms with Gasteiger partial charge in [-0.25, -0.2) is 0 Å². The molecular formula is C19H18N2O3. The van der Waals surface area contributed by atoms with Gasteiger partial charge in [0.2, 0.25) is 12.7 Å². The summed E-state index contributed by atoms with van der Waals surface area (Å²) in [4.78, 5) is 15.7. The van der Waals surface area contributed by atoms with E-state index in [-0.39, 0.29) is 12.7 Å². The Morgan fingerprint density at radius 3 is 2.92 bits per heavy atom. The van der Waals surface area contributed by atoms with Crippen LogP contribution in [0.2, 0.25) is 0 Å². The number of para-hydroxylation sites is 1. The van der Waals surface area contributed by atoms with Gasteiger partial charge in [-0.15, -0.1) is 0 Å². The highest BCUT2D eigenvalue weighted by Gasteiger charge is 2.15. The molecule has 5 nitrogen and oxygen atoms in total. The van der Waals surface area contributed by atoms with Crippen molar-refractivity contribution >= 4 is 16.8 Å². The van der Waals surface area contributed by atoms with Crippen molar-refractivity contribution in [2.75, 3.05) is 6.79 Å². The standard InChI is InChI=1S/C19H18N2O3/c1-12-15(14-4-2-3-5-16(14)21-12)9-19(22)20-10-13-6-7-17-18(8-13)24-11-23-17/h2-8,21H,9-11H2,1H3,(H,20,22). The Hall–Kier alpha value is -2.95. The van der Waals surface area contributed by atoms with Gasteiger partial charge in [-0.3, -0.25) is 4.79 Å². The van der Waals surface area contributed by atoms with Crippen LogP contribution in [0.4, 0.5) is 0 Å². The zero-order chi connectivity index (χ0) is 16.5. The van der Waals surface area contributed by atoms with Gasteiger partial charge in [0.1, 0.15) is 0 Å². The van der Waals surface area contributed by atoms with Crippen molar-refractivity contribution in [3.63, 3.8) is 0 Å². The Bertz CT molecular complexity index is 914. The quantitative estimate of drug-likeness (QED) is 0.776. The van der Waals surface area contributed by atoms with Crippen LogP contribution in [0.3, 0.4) is 0 Å². The fourth-order valence-electron chi connectivity index (χ4n) is 3.04. The summed E-state index contributed by atoms with van der Waals surface area (Å²) in [5.74, 6) is 1.48. The molecule has 0 bridgehead atoms. The molecule has 5 heteroatoms. The van der Waals surface area contributed by atoms with E-state index in [2.05, 4.69) is 10.3 Å². The summed E-state index contributed by atoms with van der Waals surface area (Å²) in [6.45, 7) is 2.72. The number of aromatic nitrogens is 1. The molecule has 1 aromatic heterocycles. The molecule has 2 heterocycles. The number of carbonyl (C=O) groups excluding carboxylic acids is 1. The first kappa shape index (κ1) is 14.6. The number of hydrogen-bond donors (Lipinski definition) is 2. The van der Waals surface area contributed by atoms with E-state index in [4.69, 9.17) is 9.47 Å². The Kier molecular flexibility index (Phi) is 3.61. The molecule has 1 aliphatic heterocycles. The molecule has 24 heavy (non-hydrogen) atoms. The molecule has 0 fully saturated rings. The van der Waals surface area contributed by atoms with Crippen LogP contribution in [0.15, 0.2) is 42.5 Å². The summed E-state index contributed by atoms with van der Waals surface area (Å²) in [5, 5.41) is 4.08. The van der Waals surface area contributed by atoms with Crippen LogP contribution in [0, 0.1) is 6.92 Å². The number of aryl methyl sites for hydroxylation is 1. The third-order valence-electron chi connectivity index (χ3n) is 4.29. The second-order valence-corrected chi connectivity index (χ2v) is 5.92. The van der Waals surface area contributed by atoms with E-state index in [1.807, 2.05) is 49.4 Å². The van der Waals surface area contributed by atoms with Crippen molar-refractivity contribution in [1.82, 2.24) is 10.3 Å². The van der Waals surface area contributed by atoms with Gasteiger partial charge in [-0.1, -0.05) is 24.3 Å². The first-order valence-corrected chi connectivity index (χ1v) is 7.92. The van der Waals surface area contributed by atoms with Gasteiger partial charge >= 0.3 is 0 Å². The van der Waals surface area contributed by atoms with Crippen molar-refractivity contribution in [1.29, 1.82) is 0 Å². The van der Waals surface area contributed by atoms with Crippen LogP contribution in [-0.4, -0.2) is 17.7 Å². The van der Waals surface area contributed by atoms with Crippen molar-refractivity contribution in [3.8, 4) is 11.5 Å². The monoisotopic (exact) mass is 322 g/mol. The van der Waals surface area contributed by atoms with Crippen LogP contribution in [0.5, 0.6) is 11.5 Å². The van der Waals surface area contributed by atoms with Gasteiger partial charge in [0.15, 0.2) is 11.5 Å². The summed E-state index contributed by atoms with van der Waals surface area (Å²) >= 11 is 0. The van der Waals surface area contributed by atoms with E-state index in [0.29, 0.717) is 13.0 Å². The smallest absolute Gasteiger partial charge is 0.231 e. The van der Waals surface area contributed by atoms with Gasteiger partial charge in [-0.2, -0.15) is 0 Å². The number of rotatable bonds is 4. The zero-order valence-corrected chi connectivity index (χ0v) is 13.4. The third kappa shape index (κ3) is 2.69. The average Bonchev–Trinajstić information content (AvgIpc) is 3.17. The minimum atomic E-state index is 0.000481. The number of benzene rings is 2. The van der Waals surface area contributed by atoms with Gasteiger partial charge in [0.05, 0.1) is 6.42 Å². The predicted octanol–water partition coefficient (Wildman–Crippen LogP) is 3.06. The third-order valence-corrected chi connectivity index (χ3v) is 4.29. The molecular weight excluding hydrogens is 304 g/mol. The molecule has 0 unspecified atom stereocenters. The van der Waals surface area contributed by atoms with Gasteiger partial charge < -0.3 is 19.8 Å². The minimum Gasteiger partial charge on any atom is -0.454 e. The number of nitrogens with one attached hydrogen (secondary N) is 2. The van der Waals surface area contributed by atoms with E-state index >= 15 is 0 Å². The zero-order valence-electron chi connectivity index (χ0n) is 13.4. The van der Waals surface area contributed by atoms with Crippen molar-refractivity contribution in [3.05, 3.63) is 59.3 Å². The van der Waals surface area contributed by atoms with Crippen molar-refractivity contribution in [2.24, 2.45) is 0 Å². The van der Waals surface area contributed by atoms with Crippen LogP contribution in [0.25, 0.3) is 10.9 Å². The molecule has 3 aromatic rings. The van der Waals surface area contributed by atoms with Gasteiger partial charge in [-0.05, 0) is 36.2 Å². The minimum absolute atomic E-state index is 0.000481. The Morgan fingerprint density at radius 2 is 2.00 bits per heavy atom. The topological polar surface area (TPSA) is 63.4 Å². The number of aromatic amines is 1. The lowest BCUT2D eigenvalue weighted by Gasteiger charge is -2.07. The number of H-pyrrole nitrogens is 1. The highest BCUT2D eigenvalue weighted by molar-refractivity contribution is 5.90. The number of amides is 1. The first-order valence-electron chi connectivity index (χ1n) is 7.92. The van der Waals surface area contributed by atoms with Gasteiger partial charge in [0.25, 0.3) is 0 Å². The Labute approximate surface area is 139 Å². The average molecular weight is 322 g/mol. The fourth-order valence-corrected chi connectivity index (χ4v) is 3.04. The summed E-state index contributed by atoms with van der Waals surface area (Å²) in [6, 6.07) is 13.7. The Balaban J connectivity index is 1.44. The molecule has 0 spiro atoms. The van der Waals surface area contributed by atoms with E-state index in [1.54, 1.807) is 0 Å². The number of hydrogen-bond acceptors (Lipinski definition) is 3. The molecule has 0 saturated heterocycles. The lowest BCUT2D eigenvalue weighted by atomic mass is 10.1. The maximum Gasteiger partial charge on any atom is 0.231 e. The van der Waals surface area contributed by atoms with Gasteiger partial charge in [0, 0.05) is 23.1 Å². The van der Waals surface area contributed by atoms with E-state index in [1.165, 1.54) is 0 Å². The fraction of sp³-hybridized carbons (Fsp3) is 0.211. The SMILES string of the molecule is Cc1[nH]c2ccccc2c1CC(=O)NCc1ccc2c(c1)OCO2. The maximum atomic E-state index is 12.3. The largest absolute Gasteiger partial charge is 0.454 e. The maximum absolute atomic E-state index is 12.3. The molecule has 2 aromatic carbocycles. The Morgan fingerprint density at radius 1 is 1.17 bits per heavy atom. The molecule has 0 aliphatic carbocycles. The lowest BCUT2D eigenvalue weighted by molar-refractivity contribution is -0.120. The molecule has 0 atom stereocenters. The highest BCUT2D eigenvalue weighted by atomic mass is 16.7. The van der Waals surface area contributed by atoms with Crippen LogP contribution in [-0.2, 0) is 17.8 Å². The van der Waals surface area contributed by atoms with Crippen LogP contribution >= 0.6 is 0 Å². The number of ether oxygens (including phenoxy) is 2. The van der Waals surface area contributed by atoms with E-state index in [0.717, 1.165) is 39.2 Å². The van der Waals surface area contributed by atoms with Crippen LogP contribution < -0.4 is 14.8 Å². The van der Waals surface area contributed by atoms with Crippen molar-refractivity contribution < 1.29 is 14.3 Å². The highest BCUT2D eigenvalue weighted by Crippen LogP contribution is 2.32. The number of fused-ring (bicyclic) bond motifs is 2. The molecule has 2 N–H and O–H groups in total. The molecule has 4 rings (SSSR count). The lowest BCUT2D eigenvalue weighted by Crippen LogP contribution is -2.24. The second-order valence-electron chi connectivity index (χ2n) is 5.92. The first-order chi connectivity index (χ1) is 11.7. The summed E-state index contributed by atoms with van der Waals surface area (Å²) in [5.41, 5.74) is 4.14. The van der Waals surface area contributed by atoms with Crippen LogP contribution in [0.1, 0.15) is 16.8 Å². The summed E-state index contributed by atoms with van der Waals surface area (Å²) in [6.07, 6.45) is 0.362. The summed E-state index contributed by atoms with van der Waals surface area (Å²) in [7, 11) is 0. The van der Waals surface area contributed by atoms with E-state index < -0.39 is 0 Å². The molecule has 1 aliphatic rings. The normalized spacial score (nSPS) is 12.5. The molecule has 0 radical (unpaired) electrons. The predicted molar refractivity (Wildman–Crippen MR) is 91.2 cm³/mol. The van der Waals surface area contributed by atoms with E-state index in [9.17, 15) is 4.79 Å². The second kappa shape index (κ2) is 5.92. The molecule has 1 amide bonds. The molecule has 0 saturated carbocycles. The molecule has 122 valence electrons. The van der Waals surface area contributed by atoms with Crippen molar-refractivity contribution in [2.45, 2.75) is 19.9 Å².